The van der Waals surface area contributed by atoms with Crippen molar-refractivity contribution in [3.8, 4) is 5.75 Å². The molecule has 5 heteroatoms. The maximum absolute atomic E-state index is 12.0. The molecule has 0 atom stereocenters. The summed E-state index contributed by atoms with van der Waals surface area (Å²) in [7, 11) is 1.69. The van der Waals surface area contributed by atoms with Gasteiger partial charge in [-0.2, -0.15) is 0 Å². The second kappa shape index (κ2) is 9.40. The number of unbranched alkanes of at least 4 members (excludes halogenated alkanes) is 1. The van der Waals surface area contributed by atoms with E-state index in [1.165, 1.54) is 5.56 Å². The molecule has 0 spiro atoms. The van der Waals surface area contributed by atoms with Crippen LogP contribution in [0.4, 0.5) is 4.79 Å². The molecule has 1 aromatic rings. The van der Waals surface area contributed by atoms with Crippen LogP contribution in [0, 0.1) is 0 Å². The van der Waals surface area contributed by atoms with E-state index in [1.807, 2.05) is 17.0 Å². The number of methoxy groups -OCH3 is 1. The molecule has 2 amide bonds. The smallest absolute Gasteiger partial charge is 0.317 e. The highest BCUT2D eigenvalue weighted by Gasteiger charge is 2.20. The lowest BCUT2D eigenvalue weighted by atomic mass is 10.1. The molecule has 1 heterocycles. The van der Waals surface area contributed by atoms with Gasteiger partial charge < -0.3 is 15.0 Å². The van der Waals surface area contributed by atoms with Crippen LogP contribution in [0.1, 0.15) is 25.3 Å². The number of piperazine rings is 1. The predicted octanol–water partition coefficient (Wildman–Crippen LogP) is 2.37. The SMILES string of the molecule is CCCCNC(=O)N1CCN(CCc2ccc(OC)cc2)CC1. The molecule has 0 radical (unpaired) electrons. The lowest BCUT2D eigenvalue weighted by Crippen LogP contribution is -2.52. The summed E-state index contributed by atoms with van der Waals surface area (Å²) in [6.45, 7) is 7.51. The molecule has 1 aromatic carbocycles. The van der Waals surface area contributed by atoms with Gasteiger partial charge in [-0.1, -0.05) is 25.5 Å². The first-order valence-electron chi connectivity index (χ1n) is 8.61. The highest BCUT2D eigenvalue weighted by atomic mass is 16.5. The number of ether oxygens (including phenoxy) is 1. The third-order valence-corrected chi connectivity index (χ3v) is 4.34. The average Bonchev–Trinajstić information content (AvgIpc) is 2.61. The second-order valence-electron chi connectivity index (χ2n) is 6.01. The summed E-state index contributed by atoms with van der Waals surface area (Å²) in [5, 5.41) is 2.99. The van der Waals surface area contributed by atoms with E-state index in [2.05, 4.69) is 29.3 Å². The number of carbonyl (C=O) groups excluding carboxylic acids is 1. The Labute approximate surface area is 139 Å². The fourth-order valence-corrected chi connectivity index (χ4v) is 2.74. The predicted molar refractivity (Wildman–Crippen MR) is 93.0 cm³/mol. The molecule has 1 saturated heterocycles. The Hall–Kier alpha value is -1.75. The summed E-state index contributed by atoms with van der Waals surface area (Å²) in [5.74, 6) is 0.899. The monoisotopic (exact) mass is 319 g/mol. The second-order valence-corrected chi connectivity index (χ2v) is 6.01. The van der Waals surface area contributed by atoms with Crippen LogP contribution in [0.25, 0.3) is 0 Å². The zero-order chi connectivity index (χ0) is 16.5. The Kier molecular flexibility index (Phi) is 7.20. The molecule has 0 bridgehead atoms. The highest BCUT2D eigenvalue weighted by Crippen LogP contribution is 2.12. The van der Waals surface area contributed by atoms with Gasteiger partial charge in [0.1, 0.15) is 5.75 Å². The van der Waals surface area contributed by atoms with E-state index in [0.717, 1.165) is 64.3 Å². The zero-order valence-corrected chi connectivity index (χ0v) is 14.4. The lowest BCUT2D eigenvalue weighted by Gasteiger charge is -2.34. The van der Waals surface area contributed by atoms with Crippen LogP contribution in [0.15, 0.2) is 24.3 Å². The van der Waals surface area contributed by atoms with E-state index in [1.54, 1.807) is 7.11 Å². The Morgan fingerprint density at radius 3 is 2.48 bits per heavy atom. The Balaban J connectivity index is 1.66. The number of urea groups is 1. The summed E-state index contributed by atoms with van der Waals surface area (Å²) in [4.78, 5) is 16.4. The van der Waals surface area contributed by atoms with Crippen molar-refractivity contribution in [1.29, 1.82) is 0 Å². The van der Waals surface area contributed by atoms with Gasteiger partial charge >= 0.3 is 6.03 Å². The van der Waals surface area contributed by atoms with Gasteiger partial charge in [0.15, 0.2) is 0 Å². The van der Waals surface area contributed by atoms with Crippen LogP contribution in [0.3, 0.4) is 0 Å². The molecular weight excluding hydrogens is 290 g/mol. The molecule has 128 valence electrons. The van der Waals surface area contributed by atoms with Gasteiger partial charge in [-0.3, -0.25) is 4.90 Å². The molecule has 23 heavy (non-hydrogen) atoms. The molecule has 0 saturated carbocycles. The molecule has 0 aromatic heterocycles. The van der Waals surface area contributed by atoms with Crippen molar-refractivity contribution in [3.63, 3.8) is 0 Å². The van der Waals surface area contributed by atoms with Crippen molar-refractivity contribution in [3.05, 3.63) is 29.8 Å². The summed E-state index contributed by atoms with van der Waals surface area (Å²) in [5.41, 5.74) is 1.32. The van der Waals surface area contributed by atoms with Crippen molar-refractivity contribution < 1.29 is 9.53 Å². The van der Waals surface area contributed by atoms with Gasteiger partial charge in [0, 0.05) is 39.3 Å². The van der Waals surface area contributed by atoms with Gasteiger partial charge in [0.2, 0.25) is 0 Å². The van der Waals surface area contributed by atoms with Crippen LogP contribution in [-0.4, -0.2) is 62.2 Å². The third kappa shape index (κ3) is 5.75. The fourth-order valence-electron chi connectivity index (χ4n) is 2.74. The maximum atomic E-state index is 12.0. The lowest BCUT2D eigenvalue weighted by molar-refractivity contribution is 0.140. The average molecular weight is 319 g/mol. The van der Waals surface area contributed by atoms with Crippen molar-refractivity contribution in [1.82, 2.24) is 15.1 Å². The van der Waals surface area contributed by atoms with E-state index in [9.17, 15) is 4.79 Å². The van der Waals surface area contributed by atoms with Crippen LogP contribution < -0.4 is 10.1 Å². The molecule has 0 aliphatic carbocycles. The van der Waals surface area contributed by atoms with E-state index in [0.29, 0.717) is 0 Å². The summed E-state index contributed by atoms with van der Waals surface area (Å²) >= 11 is 0. The number of nitrogens with zero attached hydrogens (tertiary/aromatic N) is 2. The zero-order valence-electron chi connectivity index (χ0n) is 14.4. The fraction of sp³-hybridized carbons (Fsp3) is 0.611. The first-order chi connectivity index (χ1) is 11.2. The standard InChI is InChI=1S/C18H29N3O2/c1-3-4-10-19-18(22)21-14-12-20(13-15-21)11-9-16-5-7-17(23-2)8-6-16/h5-8H,3-4,9-15H2,1-2H3,(H,19,22). The molecule has 1 aliphatic rings. The van der Waals surface area contributed by atoms with Crippen LogP contribution in [-0.2, 0) is 6.42 Å². The summed E-state index contributed by atoms with van der Waals surface area (Å²) in [6, 6.07) is 8.35. The first-order valence-corrected chi connectivity index (χ1v) is 8.61. The number of carbonyl (C=O) groups is 1. The van der Waals surface area contributed by atoms with E-state index >= 15 is 0 Å². The quantitative estimate of drug-likeness (QED) is 0.785. The van der Waals surface area contributed by atoms with Gasteiger partial charge in [-0.15, -0.1) is 0 Å². The Morgan fingerprint density at radius 2 is 1.87 bits per heavy atom. The van der Waals surface area contributed by atoms with Crippen LogP contribution in [0.2, 0.25) is 0 Å². The highest BCUT2D eigenvalue weighted by molar-refractivity contribution is 5.74. The number of hydrogen-bond donors (Lipinski definition) is 1. The largest absolute Gasteiger partial charge is 0.497 e. The first kappa shape index (κ1) is 17.6. The Morgan fingerprint density at radius 1 is 1.17 bits per heavy atom. The van der Waals surface area contributed by atoms with Crippen LogP contribution >= 0.6 is 0 Å². The van der Waals surface area contributed by atoms with Crippen LogP contribution in [0.5, 0.6) is 5.75 Å². The normalized spacial score (nSPS) is 15.5. The Bertz CT molecular complexity index is 468. The van der Waals surface area contributed by atoms with Gasteiger partial charge in [0.05, 0.1) is 7.11 Å². The van der Waals surface area contributed by atoms with Crippen molar-refractivity contribution in [2.24, 2.45) is 0 Å². The maximum Gasteiger partial charge on any atom is 0.317 e. The number of rotatable bonds is 7. The molecule has 2 rings (SSSR count). The number of hydrogen-bond acceptors (Lipinski definition) is 3. The minimum Gasteiger partial charge on any atom is -0.497 e. The van der Waals surface area contributed by atoms with Crippen molar-refractivity contribution in [2.75, 3.05) is 46.4 Å². The molecule has 1 N–H and O–H groups in total. The molecule has 5 nitrogen and oxygen atoms in total. The molecule has 1 fully saturated rings. The molecular formula is C18H29N3O2. The van der Waals surface area contributed by atoms with Crippen molar-refractivity contribution in [2.45, 2.75) is 26.2 Å². The molecule has 0 unspecified atom stereocenters. The number of amides is 2. The topological polar surface area (TPSA) is 44.8 Å². The van der Waals surface area contributed by atoms with E-state index in [-0.39, 0.29) is 6.03 Å². The van der Waals surface area contributed by atoms with Gasteiger partial charge in [-0.25, -0.2) is 4.79 Å². The van der Waals surface area contributed by atoms with Crippen molar-refractivity contribution >= 4 is 6.03 Å². The van der Waals surface area contributed by atoms with E-state index < -0.39 is 0 Å². The van der Waals surface area contributed by atoms with Gasteiger partial charge in [-0.05, 0) is 30.5 Å². The molecule has 1 aliphatic heterocycles. The van der Waals surface area contributed by atoms with E-state index in [4.69, 9.17) is 4.74 Å². The minimum atomic E-state index is 0.0910. The summed E-state index contributed by atoms with van der Waals surface area (Å²) < 4.78 is 5.18. The van der Waals surface area contributed by atoms with Gasteiger partial charge in [0.25, 0.3) is 0 Å². The minimum absolute atomic E-state index is 0.0910. The number of nitrogens with one attached hydrogen (secondary N) is 1. The summed E-state index contributed by atoms with van der Waals surface area (Å²) in [6.07, 6.45) is 3.19. The third-order valence-electron chi connectivity index (χ3n) is 4.34. The number of benzene rings is 1.